The summed E-state index contributed by atoms with van der Waals surface area (Å²) in [5.41, 5.74) is 19.4. The first-order valence-corrected chi connectivity index (χ1v) is 22.8. The van der Waals surface area contributed by atoms with Gasteiger partial charge in [0.25, 0.3) is 0 Å². The van der Waals surface area contributed by atoms with Gasteiger partial charge in [-0.25, -0.2) is 0 Å². The van der Waals surface area contributed by atoms with Gasteiger partial charge in [-0.3, -0.25) is 0 Å². The van der Waals surface area contributed by atoms with Crippen LogP contribution in [0.2, 0.25) is 0 Å². The number of fused-ring (bicyclic) bond motifs is 7. The first kappa shape index (κ1) is 37.6. The summed E-state index contributed by atoms with van der Waals surface area (Å²) in [6, 6.07) is 71.8. The molecule has 2 heteroatoms. The lowest BCUT2D eigenvalue weighted by Gasteiger charge is -2.29. The Morgan fingerprint density at radius 3 is 1.83 bits per heavy atom. The Bertz CT molecular complexity index is 3340. The molecule has 12 rings (SSSR count). The predicted octanol–water partition coefficient (Wildman–Crippen LogP) is 17.6. The van der Waals surface area contributed by atoms with E-state index in [1.807, 2.05) is 6.07 Å². The van der Waals surface area contributed by atoms with Crippen molar-refractivity contribution in [2.75, 3.05) is 4.90 Å². The van der Waals surface area contributed by atoms with Crippen molar-refractivity contribution in [3.63, 3.8) is 0 Å². The van der Waals surface area contributed by atoms with E-state index in [9.17, 15) is 0 Å². The number of furan rings is 1. The zero-order valence-electron chi connectivity index (χ0n) is 35.9. The lowest BCUT2D eigenvalue weighted by atomic mass is 9.80. The molecule has 2 aliphatic rings. The second-order valence-electron chi connectivity index (χ2n) is 18.2. The van der Waals surface area contributed by atoms with Crippen LogP contribution in [0.3, 0.4) is 0 Å². The van der Waals surface area contributed by atoms with Gasteiger partial charge in [0.2, 0.25) is 0 Å². The average Bonchev–Trinajstić information content (AvgIpc) is 3.84. The van der Waals surface area contributed by atoms with E-state index in [4.69, 9.17) is 4.42 Å². The first-order chi connectivity index (χ1) is 31.0. The highest BCUT2D eigenvalue weighted by Gasteiger charge is 2.36. The molecule has 0 amide bonds. The van der Waals surface area contributed by atoms with Crippen LogP contribution in [0.25, 0.3) is 77.2 Å². The van der Waals surface area contributed by atoms with Crippen molar-refractivity contribution >= 4 is 49.8 Å². The summed E-state index contributed by atoms with van der Waals surface area (Å²) >= 11 is 0. The van der Waals surface area contributed by atoms with Gasteiger partial charge >= 0.3 is 0 Å². The molecule has 0 aliphatic heterocycles. The molecule has 63 heavy (non-hydrogen) atoms. The highest BCUT2D eigenvalue weighted by molar-refractivity contribution is 6.10. The van der Waals surface area contributed by atoms with Gasteiger partial charge in [-0.15, -0.1) is 0 Å². The number of para-hydroxylation sites is 3. The standard InChI is InChI=1S/C61H49NO/c1-61(2)54-28-9-6-22-53(54)59-47(24-15-29-55(59)61)41-32-36-44(37-33-41)62(45-38-34-42(35-39-45)48-25-14-27-52-50-21-8-11-31-57(50)63-60(48)52)56-30-10-7-20-49(56)51-26-13-19-43-18-12-23-46(58(43)51)40-16-4-3-5-17-40/h6-15,18-40H,3-5,16-17H2,1-2H3. The Balaban J connectivity index is 1.02. The smallest absolute Gasteiger partial charge is 0.143 e. The van der Waals surface area contributed by atoms with Crippen molar-refractivity contribution in [3.05, 3.63) is 211 Å². The lowest BCUT2D eigenvalue weighted by Crippen LogP contribution is -2.14. The quantitative estimate of drug-likeness (QED) is 0.159. The molecule has 0 spiro atoms. The van der Waals surface area contributed by atoms with Crippen LogP contribution in [0.1, 0.15) is 68.6 Å². The lowest BCUT2D eigenvalue weighted by molar-refractivity contribution is 0.445. The summed E-state index contributed by atoms with van der Waals surface area (Å²) in [5.74, 6) is 0.583. The summed E-state index contributed by atoms with van der Waals surface area (Å²) in [6.07, 6.45) is 6.47. The van der Waals surface area contributed by atoms with E-state index in [0.717, 1.165) is 50.1 Å². The Kier molecular flexibility index (Phi) is 8.97. The summed E-state index contributed by atoms with van der Waals surface area (Å²) in [6.45, 7) is 4.71. The number of anilines is 3. The number of benzene rings is 9. The van der Waals surface area contributed by atoms with Gasteiger partial charge < -0.3 is 9.32 Å². The predicted molar refractivity (Wildman–Crippen MR) is 266 cm³/mol. The number of nitrogens with zero attached hydrogens (tertiary/aromatic N) is 1. The molecule has 1 heterocycles. The van der Waals surface area contributed by atoms with E-state index >= 15 is 0 Å². The van der Waals surface area contributed by atoms with Crippen LogP contribution in [-0.2, 0) is 5.41 Å². The summed E-state index contributed by atoms with van der Waals surface area (Å²) in [7, 11) is 0. The Morgan fingerprint density at radius 1 is 0.460 bits per heavy atom. The van der Waals surface area contributed by atoms with Crippen molar-refractivity contribution in [3.8, 4) is 44.5 Å². The van der Waals surface area contributed by atoms with Crippen LogP contribution in [0.5, 0.6) is 0 Å². The van der Waals surface area contributed by atoms with E-state index in [1.165, 1.54) is 92.9 Å². The van der Waals surface area contributed by atoms with Gasteiger partial charge in [0, 0.05) is 38.7 Å². The molecule has 2 nitrogen and oxygen atoms in total. The Labute approximate surface area is 370 Å². The summed E-state index contributed by atoms with van der Waals surface area (Å²) in [5, 5.41) is 4.99. The molecule has 2 aliphatic carbocycles. The molecular formula is C61H49NO. The fourth-order valence-corrected chi connectivity index (χ4v) is 11.2. The number of rotatable bonds is 7. The van der Waals surface area contributed by atoms with Crippen LogP contribution >= 0.6 is 0 Å². The second-order valence-corrected chi connectivity index (χ2v) is 18.2. The van der Waals surface area contributed by atoms with Gasteiger partial charge in [-0.2, -0.15) is 0 Å². The molecular weight excluding hydrogens is 763 g/mol. The monoisotopic (exact) mass is 811 g/mol. The fourth-order valence-electron chi connectivity index (χ4n) is 11.2. The highest BCUT2D eigenvalue weighted by Crippen LogP contribution is 2.53. The van der Waals surface area contributed by atoms with Gasteiger partial charge in [0.1, 0.15) is 11.2 Å². The minimum Gasteiger partial charge on any atom is -0.455 e. The highest BCUT2D eigenvalue weighted by atomic mass is 16.3. The van der Waals surface area contributed by atoms with E-state index in [2.05, 4.69) is 207 Å². The zero-order valence-corrected chi connectivity index (χ0v) is 35.9. The fraction of sp³-hybridized carbons (Fsp3) is 0.148. The molecule has 10 aromatic rings. The van der Waals surface area contributed by atoms with Gasteiger partial charge in [-0.05, 0) is 116 Å². The van der Waals surface area contributed by atoms with Crippen LogP contribution < -0.4 is 4.90 Å². The van der Waals surface area contributed by atoms with Crippen LogP contribution in [0.4, 0.5) is 17.1 Å². The third-order valence-corrected chi connectivity index (χ3v) is 14.3. The summed E-state index contributed by atoms with van der Waals surface area (Å²) < 4.78 is 6.50. The molecule has 304 valence electrons. The molecule has 0 unspecified atom stereocenters. The van der Waals surface area contributed by atoms with E-state index in [1.54, 1.807) is 0 Å². The average molecular weight is 812 g/mol. The minimum absolute atomic E-state index is 0.0526. The second kappa shape index (κ2) is 15.0. The molecule has 0 radical (unpaired) electrons. The van der Waals surface area contributed by atoms with E-state index < -0.39 is 0 Å². The maximum atomic E-state index is 6.50. The van der Waals surface area contributed by atoms with Crippen LogP contribution in [-0.4, -0.2) is 0 Å². The third kappa shape index (κ3) is 6.15. The maximum absolute atomic E-state index is 6.50. The molecule has 0 atom stereocenters. The van der Waals surface area contributed by atoms with Crippen molar-refractivity contribution in [1.82, 2.24) is 0 Å². The van der Waals surface area contributed by atoms with Gasteiger partial charge in [0.05, 0.1) is 5.69 Å². The van der Waals surface area contributed by atoms with Crippen molar-refractivity contribution in [2.24, 2.45) is 0 Å². The van der Waals surface area contributed by atoms with Gasteiger partial charge in [0.15, 0.2) is 0 Å². The molecule has 0 saturated heterocycles. The van der Waals surface area contributed by atoms with Crippen LogP contribution in [0, 0.1) is 0 Å². The van der Waals surface area contributed by atoms with Gasteiger partial charge in [-0.1, -0.05) is 191 Å². The molecule has 1 saturated carbocycles. The maximum Gasteiger partial charge on any atom is 0.143 e. The zero-order chi connectivity index (χ0) is 42.1. The molecule has 0 bridgehead atoms. The number of hydrogen-bond donors (Lipinski definition) is 0. The normalized spacial score (nSPS) is 14.6. The molecule has 1 aromatic heterocycles. The topological polar surface area (TPSA) is 16.4 Å². The van der Waals surface area contributed by atoms with E-state index in [0.29, 0.717) is 5.92 Å². The summed E-state index contributed by atoms with van der Waals surface area (Å²) in [4.78, 5) is 2.46. The van der Waals surface area contributed by atoms with Crippen LogP contribution in [0.15, 0.2) is 199 Å². The number of hydrogen-bond acceptors (Lipinski definition) is 2. The molecule has 9 aromatic carbocycles. The minimum atomic E-state index is -0.0526. The van der Waals surface area contributed by atoms with Crippen molar-refractivity contribution < 1.29 is 4.42 Å². The largest absolute Gasteiger partial charge is 0.455 e. The van der Waals surface area contributed by atoms with E-state index in [-0.39, 0.29) is 5.41 Å². The molecule has 0 N–H and O–H groups in total. The third-order valence-electron chi connectivity index (χ3n) is 14.3. The first-order valence-electron chi connectivity index (χ1n) is 22.8. The Morgan fingerprint density at radius 2 is 1.03 bits per heavy atom. The Hall–Kier alpha value is -7.16. The van der Waals surface area contributed by atoms with Crippen molar-refractivity contribution in [2.45, 2.75) is 57.3 Å². The SMILES string of the molecule is CC1(C)c2ccccc2-c2c(-c3ccc(N(c4ccc(-c5cccc6c5oc5ccccc56)cc4)c4ccccc4-c4cccc5cccc(C6CCCCC6)c45)cc3)cccc21. The van der Waals surface area contributed by atoms with Crippen molar-refractivity contribution in [1.29, 1.82) is 0 Å². The molecule has 1 fully saturated rings.